The van der Waals surface area contributed by atoms with Crippen LogP contribution in [-0.4, -0.2) is 0 Å². The average molecular weight is 238 g/mol. The van der Waals surface area contributed by atoms with Gasteiger partial charge in [-0.3, -0.25) is 9.59 Å². The van der Waals surface area contributed by atoms with Gasteiger partial charge >= 0.3 is 0 Å². The van der Waals surface area contributed by atoms with Gasteiger partial charge in [0, 0.05) is 10.8 Å². The van der Waals surface area contributed by atoms with Gasteiger partial charge < -0.3 is 0 Å². The van der Waals surface area contributed by atoms with Crippen LogP contribution in [0.15, 0.2) is 21.7 Å². The van der Waals surface area contributed by atoms with Crippen molar-refractivity contribution in [3.8, 4) is 0 Å². The molecule has 3 aromatic carbocycles. The molecule has 3 aromatic rings. The van der Waals surface area contributed by atoms with Crippen molar-refractivity contribution in [1.29, 1.82) is 0 Å². The Balaban J connectivity index is 2.63. The molecule has 0 aliphatic heterocycles. The van der Waals surface area contributed by atoms with Crippen molar-refractivity contribution in [2.75, 3.05) is 0 Å². The van der Waals surface area contributed by atoms with E-state index >= 15 is 0 Å². The van der Waals surface area contributed by atoms with Crippen molar-refractivity contribution in [2.45, 2.75) is 27.7 Å². The number of aryl methyl sites for hydroxylation is 2. The van der Waals surface area contributed by atoms with E-state index in [-0.39, 0.29) is 10.9 Å². The van der Waals surface area contributed by atoms with E-state index in [9.17, 15) is 9.59 Å². The second-order valence-electron chi connectivity index (χ2n) is 5.10. The lowest BCUT2D eigenvalue weighted by Gasteiger charge is -2.15. The molecular weight excluding hydrogens is 224 g/mol. The molecule has 0 aliphatic carbocycles. The first kappa shape index (κ1) is 11.1. The largest absolute Gasteiger partial charge is 0.285 e. The first-order chi connectivity index (χ1) is 8.43. The summed E-state index contributed by atoms with van der Waals surface area (Å²) in [5, 5.41) is 3.35. The fourth-order valence-corrected chi connectivity index (χ4v) is 2.74. The quantitative estimate of drug-likeness (QED) is 0.564. The van der Waals surface area contributed by atoms with Crippen molar-refractivity contribution < 1.29 is 0 Å². The molecule has 2 nitrogen and oxygen atoms in total. The molecule has 0 heterocycles. The predicted molar refractivity (Wildman–Crippen MR) is 75.3 cm³/mol. The Labute approximate surface area is 105 Å². The molecule has 0 saturated heterocycles. The Kier molecular flexibility index (Phi) is 2.03. The van der Waals surface area contributed by atoms with Crippen LogP contribution in [-0.2, 0) is 0 Å². The summed E-state index contributed by atoms with van der Waals surface area (Å²) < 4.78 is 0. The topological polar surface area (TPSA) is 34.1 Å². The standard InChI is InChI=1S/C16H14O2/c1-7-8(2)10(4)12-6-14-13(15(17)16(14)18)5-11(12)9(7)3/h5-6H,1-4H3. The minimum atomic E-state index is -0.345. The van der Waals surface area contributed by atoms with E-state index in [1.165, 1.54) is 22.3 Å². The summed E-state index contributed by atoms with van der Waals surface area (Å²) in [6, 6.07) is 3.76. The summed E-state index contributed by atoms with van der Waals surface area (Å²) in [4.78, 5) is 23.0. The van der Waals surface area contributed by atoms with Gasteiger partial charge in [0.05, 0.1) is 0 Å². The van der Waals surface area contributed by atoms with Crippen LogP contribution in [0.1, 0.15) is 22.3 Å². The minimum absolute atomic E-state index is 0.345. The summed E-state index contributed by atoms with van der Waals surface area (Å²) in [5.41, 5.74) is 4.23. The second kappa shape index (κ2) is 3.29. The highest BCUT2D eigenvalue weighted by Gasteiger charge is 2.16. The molecule has 0 radical (unpaired) electrons. The van der Waals surface area contributed by atoms with E-state index in [1.54, 1.807) is 0 Å². The third kappa shape index (κ3) is 1.13. The number of fused-ring (bicyclic) bond motifs is 2. The summed E-state index contributed by atoms with van der Waals surface area (Å²) in [6.45, 7) is 8.34. The van der Waals surface area contributed by atoms with Crippen LogP contribution in [0.2, 0.25) is 0 Å². The monoisotopic (exact) mass is 238 g/mol. The van der Waals surface area contributed by atoms with Gasteiger partial charge in [0.15, 0.2) is 0 Å². The van der Waals surface area contributed by atoms with Crippen LogP contribution >= 0.6 is 0 Å². The van der Waals surface area contributed by atoms with Gasteiger partial charge in [-0.05, 0) is 72.9 Å². The molecule has 18 heavy (non-hydrogen) atoms. The summed E-state index contributed by atoms with van der Waals surface area (Å²) >= 11 is 0. The maximum Gasteiger partial charge on any atom is 0.234 e. The third-order valence-corrected chi connectivity index (χ3v) is 4.35. The molecule has 0 aromatic heterocycles. The van der Waals surface area contributed by atoms with Gasteiger partial charge in [-0.25, -0.2) is 0 Å². The van der Waals surface area contributed by atoms with Gasteiger partial charge in [0.2, 0.25) is 10.9 Å². The molecule has 0 atom stereocenters. The Bertz CT molecular complexity index is 817. The predicted octanol–water partition coefficient (Wildman–Crippen LogP) is 2.82. The van der Waals surface area contributed by atoms with E-state index < -0.39 is 0 Å². The molecule has 2 heteroatoms. The second-order valence-corrected chi connectivity index (χ2v) is 5.10. The molecule has 3 rings (SSSR count). The van der Waals surface area contributed by atoms with Crippen molar-refractivity contribution in [3.05, 3.63) is 54.8 Å². The van der Waals surface area contributed by atoms with Crippen LogP contribution in [0.3, 0.4) is 0 Å². The SMILES string of the molecule is Cc1c(C)c(C)c2cc3c(=O)c(=O)c3cc2c1C. The molecule has 0 N–H and O–H groups in total. The van der Waals surface area contributed by atoms with Crippen molar-refractivity contribution >= 4 is 21.5 Å². The molecule has 0 saturated carbocycles. The van der Waals surface area contributed by atoms with E-state index in [0.717, 1.165) is 10.8 Å². The Morgan fingerprint density at radius 1 is 0.556 bits per heavy atom. The fraction of sp³-hybridized carbons (Fsp3) is 0.250. The van der Waals surface area contributed by atoms with Crippen molar-refractivity contribution in [3.63, 3.8) is 0 Å². The zero-order valence-corrected chi connectivity index (χ0v) is 11.0. The van der Waals surface area contributed by atoms with Crippen LogP contribution in [0.4, 0.5) is 0 Å². The molecule has 0 amide bonds. The summed E-state index contributed by atoms with van der Waals surface area (Å²) in [6.07, 6.45) is 0. The minimum Gasteiger partial charge on any atom is -0.285 e. The van der Waals surface area contributed by atoms with Gasteiger partial charge in [0.1, 0.15) is 0 Å². The first-order valence-electron chi connectivity index (χ1n) is 6.06. The number of hydrogen-bond acceptors (Lipinski definition) is 2. The molecule has 0 spiro atoms. The molecule has 90 valence electrons. The fourth-order valence-electron chi connectivity index (χ4n) is 2.74. The number of benzene rings is 2. The van der Waals surface area contributed by atoms with Gasteiger partial charge in [-0.2, -0.15) is 0 Å². The van der Waals surface area contributed by atoms with Crippen molar-refractivity contribution in [2.24, 2.45) is 0 Å². The molecule has 0 unspecified atom stereocenters. The van der Waals surface area contributed by atoms with Crippen LogP contribution in [0.5, 0.6) is 0 Å². The smallest absolute Gasteiger partial charge is 0.234 e. The van der Waals surface area contributed by atoms with E-state index in [1.807, 2.05) is 12.1 Å². The zero-order chi connectivity index (χ0) is 13.2. The highest BCUT2D eigenvalue weighted by Crippen LogP contribution is 2.31. The Morgan fingerprint density at radius 2 is 0.889 bits per heavy atom. The lowest BCUT2D eigenvalue weighted by molar-refractivity contribution is 1.25. The summed E-state index contributed by atoms with van der Waals surface area (Å²) in [7, 11) is 0. The van der Waals surface area contributed by atoms with Crippen LogP contribution in [0, 0.1) is 27.7 Å². The van der Waals surface area contributed by atoms with Crippen LogP contribution in [0.25, 0.3) is 21.5 Å². The maximum atomic E-state index is 11.5. The van der Waals surface area contributed by atoms with E-state index in [2.05, 4.69) is 27.7 Å². The van der Waals surface area contributed by atoms with Gasteiger partial charge in [-0.15, -0.1) is 0 Å². The third-order valence-electron chi connectivity index (χ3n) is 4.35. The average Bonchev–Trinajstić information content (AvgIpc) is 2.40. The molecule has 0 fully saturated rings. The van der Waals surface area contributed by atoms with E-state index in [0.29, 0.717) is 10.8 Å². The van der Waals surface area contributed by atoms with Crippen LogP contribution < -0.4 is 10.9 Å². The number of hydrogen-bond donors (Lipinski definition) is 0. The molecular formula is C16H14O2. The normalized spacial score (nSPS) is 11.8. The highest BCUT2D eigenvalue weighted by molar-refractivity contribution is 6.03. The maximum absolute atomic E-state index is 11.5. The first-order valence-corrected chi connectivity index (χ1v) is 6.06. The lowest BCUT2D eigenvalue weighted by Crippen LogP contribution is -2.30. The molecule has 0 bridgehead atoms. The number of rotatable bonds is 0. The van der Waals surface area contributed by atoms with E-state index in [4.69, 9.17) is 0 Å². The Hall–Kier alpha value is -1.96. The zero-order valence-electron chi connectivity index (χ0n) is 11.0. The lowest BCUT2D eigenvalue weighted by atomic mass is 9.89. The highest BCUT2D eigenvalue weighted by atomic mass is 16.2. The summed E-state index contributed by atoms with van der Waals surface area (Å²) in [5.74, 6) is 0. The van der Waals surface area contributed by atoms with Gasteiger partial charge in [0.25, 0.3) is 0 Å². The molecule has 0 aliphatic rings. The Morgan fingerprint density at radius 3 is 1.22 bits per heavy atom. The van der Waals surface area contributed by atoms with Gasteiger partial charge in [-0.1, -0.05) is 0 Å². The van der Waals surface area contributed by atoms with Crippen molar-refractivity contribution in [1.82, 2.24) is 0 Å².